The van der Waals surface area contributed by atoms with Crippen molar-refractivity contribution in [1.82, 2.24) is 9.55 Å². The Morgan fingerprint density at radius 1 is 1.03 bits per heavy atom. The van der Waals surface area contributed by atoms with Crippen LogP contribution in [0, 0.1) is 6.92 Å². The standard InChI is InChI=1S/C25H28N4O3/c1-3-23(30)26-18-11-9-16(2)20(15-18)28-24(31)17-10-12-19-21(14-17)27-22-8-6-4-5-7-13-29(22)25(19)32/h9-12,14-15H,3-8,13H2,1-2H3,(H,26,30)(H,28,31). The number of amides is 2. The SMILES string of the molecule is CCC(=O)Nc1ccc(C)c(NC(=O)c2ccc3c(=O)n4c(nc3c2)CCCCCC4)c1. The number of carbonyl (C=O) groups excluding carboxylic acids is 2. The first-order valence-corrected chi connectivity index (χ1v) is 11.2. The average molecular weight is 433 g/mol. The van der Waals surface area contributed by atoms with Crippen LogP contribution in [0.1, 0.15) is 60.8 Å². The van der Waals surface area contributed by atoms with Gasteiger partial charge in [0.05, 0.1) is 10.9 Å². The highest BCUT2D eigenvalue weighted by Gasteiger charge is 2.15. The highest BCUT2D eigenvalue weighted by Crippen LogP contribution is 2.22. The lowest BCUT2D eigenvalue weighted by Gasteiger charge is -2.16. The Morgan fingerprint density at radius 3 is 2.66 bits per heavy atom. The van der Waals surface area contributed by atoms with Crippen LogP contribution in [0.15, 0.2) is 41.2 Å². The lowest BCUT2D eigenvalue weighted by Crippen LogP contribution is -2.26. The number of hydrogen-bond donors (Lipinski definition) is 2. The predicted octanol–water partition coefficient (Wildman–Crippen LogP) is 4.42. The largest absolute Gasteiger partial charge is 0.326 e. The molecule has 0 bridgehead atoms. The molecule has 0 unspecified atom stereocenters. The van der Waals surface area contributed by atoms with Crippen molar-refractivity contribution in [3.8, 4) is 0 Å². The van der Waals surface area contributed by atoms with Crippen molar-refractivity contribution in [2.45, 2.75) is 58.9 Å². The Balaban J connectivity index is 1.63. The van der Waals surface area contributed by atoms with E-state index in [9.17, 15) is 14.4 Å². The molecule has 166 valence electrons. The molecule has 1 aliphatic rings. The van der Waals surface area contributed by atoms with Crippen LogP contribution < -0.4 is 16.2 Å². The summed E-state index contributed by atoms with van der Waals surface area (Å²) >= 11 is 0. The van der Waals surface area contributed by atoms with E-state index in [-0.39, 0.29) is 17.4 Å². The van der Waals surface area contributed by atoms with Crippen LogP contribution in [0.2, 0.25) is 0 Å². The molecule has 4 rings (SSSR count). The van der Waals surface area contributed by atoms with Crippen molar-refractivity contribution in [3.63, 3.8) is 0 Å². The first-order chi connectivity index (χ1) is 15.5. The van der Waals surface area contributed by atoms with Crippen LogP contribution in [-0.4, -0.2) is 21.4 Å². The number of fused-ring (bicyclic) bond motifs is 2. The van der Waals surface area contributed by atoms with Gasteiger partial charge < -0.3 is 10.6 Å². The fourth-order valence-electron chi connectivity index (χ4n) is 4.01. The van der Waals surface area contributed by atoms with Gasteiger partial charge in [0.2, 0.25) is 5.91 Å². The summed E-state index contributed by atoms with van der Waals surface area (Å²) in [5.74, 6) is 0.422. The van der Waals surface area contributed by atoms with Gasteiger partial charge >= 0.3 is 0 Å². The summed E-state index contributed by atoms with van der Waals surface area (Å²) in [6.07, 6.45) is 5.43. The zero-order chi connectivity index (χ0) is 22.7. The Bertz CT molecular complexity index is 1250. The van der Waals surface area contributed by atoms with Crippen molar-refractivity contribution >= 4 is 34.1 Å². The van der Waals surface area contributed by atoms with E-state index < -0.39 is 0 Å². The second-order valence-electron chi connectivity index (χ2n) is 8.27. The molecule has 1 aromatic heterocycles. The number of rotatable bonds is 4. The number of anilines is 2. The fourth-order valence-corrected chi connectivity index (χ4v) is 4.01. The first-order valence-electron chi connectivity index (χ1n) is 11.2. The summed E-state index contributed by atoms with van der Waals surface area (Å²) < 4.78 is 1.79. The summed E-state index contributed by atoms with van der Waals surface area (Å²) in [6.45, 7) is 4.37. The first kappa shape index (κ1) is 21.7. The van der Waals surface area contributed by atoms with Crippen LogP contribution in [0.3, 0.4) is 0 Å². The van der Waals surface area contributed by atoms with Crippen LogP contribution in [0.25, 0.3) is 10.9 Å². The highest BCUT2D eigenvalue weighted by atomic mass is 16.2. The van der Waals surface area contributed by atoms with Gasteiger partial charge in [0, 0.05) is 36.3 Å². The fraction of sp³-hybridized carbons (Fsp3) is 0.360. The third kappa shape index (κ3) is 4.56. The molecule has 2 amide bonds. The van der Waals surface area contributed by atoms with Gasteiger partial charge in [-0.3, -0.25) is 19.0 Å². The van der Waals surface area contributed by atoms with Crippen molar-refractivity contribution in [3.05, 3.63) is 63.7 Å². The topological polar surface area (TPSA) is 93.1 Å². The minimum atomic E-state index is -0.289. The van der Waals surface area contributed by atoms with Gasteiger partial charge in [-0.05, 0) is 55.7 Å². The van der Waals surface area contributed by atoms with Crippen LogP contribution in [-0.2, 0) is 17.8 Å². The monoisotopic (exact) mass is 432 g/mol. The molecule has 32 heavy (non-hydrogen) atoms. The molecule has 0 saturated heterocycles. The van der Waals surface area contributed by atoms with E-state index in [0.29, 0.717) is 40.8 Å². The normalized spacial score (nSPS) is 13.7. The molecule has 0 fully saturated rings. The van der Waals surface area contributed by atoms with Gasteiger partial charge in [-0.15, -0.1) is 0 Å². The van der Waals surface area contributed by atoms with E-state index in [2.05, 4.69) is 10.6 Å². The second-order valence-corrected chi connectivity index (χ2v) is 8.27. The lowest BCUT2D eigenvalue weighted by molar-refractivity contribution is -0.115. The van der Waals surface area contributed by atoms with E-state index in [1.807, 2.05) is 13.0 Å². The Hall–Kier alpha value is -3.48. The quantitative estimate of drug-likeness (QED) is 0.638. The molecular weight excluding hydrogens is 404 g/mol. The van der Waals surface area contributed by atoms with E-state index in [0.717, 1.165) is 43.5 Å². The maximum absolute atomic E-state index is 13.0. The predicted molar refractivity (Wildman–Crippen MR) is 126 cm³/mol. The number of nitrogens with one attached hydrogen (secondary N) is 2. The third-order valence-electron chi connectivity index (χ3n) is 5.92. The van der Waals surface area contributed by atoms with Gasteiger partial charge in [-0.1, -0.05) is 25.8 Å². The number of aromatic nitrogens is 2. The summed E-state index contributed by atoms with van der Waals surface area (Å²) in [4.78, 5) is 42.4. The van der Waals surface area contributed by atoms with Gasteiger partial charge in [-0.2, -0.15) is 0 Å². The molecule has 0 atom stereocenters. The maximum atomic E-state index is 13.0. The lowest BCUT2D eigenvalue weighted by atomic mass is 10.1. The van der Waals surface area contributed by atoms with E-state index >= 15 is 0 Å². The van der Waals surface area contributed by atoms with E-state index in [1.54, 1.807) is 41.8 Å². The average Bonchev–Trinajstić information content (AvgIpc) is 2.77. The third-order valence-corrected chi connectivity index (χ3v) is 5.92. The van der Waals surface area contributed by atoms with Crippen LogP contribution >= 0.6 is 0 Å². The van der Waals surface area contributed by atoms with Crippen molar-refractivity contribution in [2.75, 3.05) is 10.6 Å². The summed E-state index contributed by atoms with van der Waals surface area (Å²) in [5, 5.41) is 6.25. The van der Waals surface area contributed by atoms with E-state index in [1.165, 1.54) is 0 Å². The molecule has 7 nitrogen and oxygen atoms in total. The van der Waals surface area contributed by atoms with Crippen molar-refractivity contribution < 1.29 is 9.59 Å². The van der Waals surface area contributed by atoms with Gasteiger partial charge in [0.25, 0.3) is 11.5 Å². The van der Waals surface area contributed by atoms with Gasteiger partial charge in [0.1, 0.15) is 5.82 Å². The highest BCUT2D eigenvalue weighted by molar-refractivity contribution is 6.06. The Kier molecular flexibility index (Phi) is 6.35. The van der Waals surface area contributed by atoms with Crippen molar-refractivity contribution in [1.29, 1.82) is 0 Å². The molecule has 2 N–H and O–H groups in total. The van der Waals surface area contributed by atoms with Gasteiger partial charge in [0.15, 0.2) is 0 Å². The summed E-state index contributed by atoms with van der Waals surface area (Å²) in [7, 11) is 0. The number of carbonyl (C=O) groups is 2. The number of nitrogens with zero attached hydrogens (tertiary/aromatic N) is 2. The molecule has 3 aromatic rings. The molecule has 2 aromatic carbocycles. The molecule has 0 saturated carbocycles. The zero-order valence-corrected chi connectivity index (χ0v) is 18.5. The Labute approximate surface area is 186 Å². The zero-order valence-electron chi connectivity index (χ0n) is 18.5. The molecule has 0 radical (unpaired) electrons. The molecule has 2 heterocycles. The number of benzene rings is 2. The van der Waals surface area contributed by atoms with Crippen LogP contribution in [0.5, 0.6) is 0 Å². The van der Waals surface area contributed by atoms with Crippen molar-refractivity contribution in [2.24, 2.45) is 0 Å². The van der Waals surface area contributed by atoms with Crippen LogP contribution in [0.4, 0.5) is 11.4 Å². The molecule has 1 aliphatic heterocycles. The van der Waals surface area contributed by atoms with E-state index in [4.69, 9.17) is 4.98 Å². The number of aryl methyl sites for hydroxylation is 2. The molecular formula is C25H28N4O3. The Morgan fingerprint density at radius 2 is 1.84 bits per heavy atom. The summed E-state index contributed by atoms with van der Waals surface area (Å²) in [6, 6.07) is 10.4. The molecule has 0 aliphatic carbocycles. The minimum absolute atomic E-state index is 0.0333. The van der Waals surface area contributed by atoms with Gasteiger partial charge in [-0.25, -0.2) is 4.98 Å². The summed E-state index contributed by atoms with van der Waals surface area (Å²) in [5.41, 5.74) is 3.08. The maximum Gasteiger partial charge on any atom is 0.261 e. The minimum Gasteiger partial charge on any atom is -0.326 e. The number of hydrogen-bond acceptors (Lipinski definition) is 4. The molecule has 7 heteroatoms. The second kappa shape index (κ2) is 9.34. The molecule has 0 spiro atoms. The smallest absolute Gasteiger partial charge is 0.261 e.